The highest BCUT2D eigenvalue weighted by atomic mass is 16.5. The SMILES string of the molecule is COc1cccc(N2CC(N)CC(CC(=O)O)C2)c1. The lowest BCUT2D eigenvalue weighted by Gasteiger charge is -2.37. The number of hydrogen-bond donors (Lipinski definition) is 2. The predicted octanol–water partition coefficient (Wildman–Crippen LogP) is 1.32. The predicted molar refractivity (Wildman–Crippen MR) is 73.5 cm³/mol. The van der Waals surface area contributed by atoms with E-state index in [4.69, 9.17) is 15.6 Å². The fourth-order valence-corrected chi connectivity index (χ4v) is 2.66. The maximum atomic E-state index is 10.8. The lowest BCUT2D eigenvalue weighted by Crippen LogP contribution is -2.47. The molecule has 5 heteroatoms. The summed E-state index contributed by atoms with van der Waals surface area (Å²) in [5, 5.41) is 8.91. The molecule has 1 aliphatic rings. The van der Waals surface area contributed by atoms with Crippen molar-refractivity contribution in [2.75, 3.05) is 25.1 Å². The lowest BCUT2D eigenvalue weighted by molar-refractivity contribution is -0.138. The van der Waals surface area contributed by atoms with Gasteiger partial charge < -0.3 is 20.5 Å². The first kappa shape index (κ1) is 13.7. The molecule has 1 aliphatic heterocycles. The minimum atomic E-state index is -0.760. The van der Waals surface area contributed by atoms with E-state index in [1.165, 1.54) is 0 Å². The smallest absolute Gasteiger partial charge is 0.303 e. The summed E-state index contributed by atoms with van der Waals surface area (Å²) in [6.45, 7) is 1.48. The summed E-state index contributed by atoms with van der Waals surface area (Å²) in [5.74, 6) is 0.142. The number of carboxylic acid groups (broad SMARTS) is 1. The fourth-order valence-electron chi connectivity index (χ4n) is 2.66. The number of methoxy groups -OCH3 is 1. The quantitative estimate of drug-likeness (QED) is 0.858. The van der Waals surface area contributed by atoms with E-state index in [2.05, 4.69) is 4.90 Å². The Bertz CT molecular complexity index is 450. The van der Waals surface area contributed by atoms with Gasteiger partial charge in [-0.3, -0.25) is 4.79 Å². The van der Waals surface area contributed by atoms with Gasteiger partial charge in [0.2, 0.25) is 0 Å². The van der Waals surface area contributed by atoms with Crippen molar-refractivity contribution < 1.29 is 14.6 Å². The molecule has 2 atom stereocenters. The van der Waals surface area contributed by atoms with Crippen molar-refractivity contribution in [3.63, 3.8) is 0 Å². The topological polar surface area (TPSA) is 75.8 Å². The van der Waals surface area contributed by atoms with Crippen LogP contribution in [0.1, 0.15) is 12.8 Å². The number of hydrogen-bond acceptors (Lipinski definition) is 4. The average Bonchev–Trinajstić information content (AvgIpc) is 2.37. The first-order valence-corrected chi connectivity index (χ1v) is 6.45. The van der Waals surface area contributed by atoms with Gasteiger partial charge in [-0.2, -0.15) is 0 Å². The maximum absolute atomic E-state index is 10.8. The van der Waals surface area contributed by atoms with Crippen molar-refractivity contribution in [3.8, 4) is 5.75 Å². The Labute approximate surface area is 113 Å². The van der Waals surface area contributed by atoms with E-state index in [0.29, 0.717) is 0 Å². The van der Waals surface area contributed by atoms with Crippen molar-refractivity contribution in [1.29, 1.82) is 0 Å². The highest BCUT2D eigenvalue weighted by Crippen LogP contribution is 2.27. The van der Waals surface area contributed by atoms with Crippen LogP contribution in [0.15, 0.2) is 24.3 Å². The molecule has 0 bridgehead atoms. The zero-order valence-corrected chi connectivity index (χ0v) is 11.1. The zero-order chi connectivity index (χ0) is 13.8. The van der Waals surface area contributed by atoms with Gasteiger partial charge in [-0.25, -0.2) is 0 Å². The maximum Gasteiger partial charge on any atom is 0.303 e. The summed E-state index contributed by atoms with van der Waals surface area (Å²) in [6, 6.07) is 7.79. The summed E-state index contributed by atoms with van der Waals surface area (Å²) in [5.41, 5.74) is 7.07. The molecule has 0 aromatic heterocycles. The Morgan fingerprint density at radius 1 is 1.53 bits per heavy atom. The number of carbonyl (C=O) groups is 1. The van der Waals surface area contributed by atoms with Crippen LogP contribution in [0.2, 0.25) is 0 Å². The van der Waals surface area contributed by atoms with Crippen LogP contribution in [-0.4, -0.2) is 37.3 Å². The highest BCUT2D eigenvalue weighted by Gasteiger charge is 2.27. The van der Waals surface area contributed by atoms with Crippen LogP contribution in [0, 0.1) is 5.92 Å². The molecule has 1 aromatic carbocycles. The van der Waals surface area contributed by atoms with E-state index < -0.39 is 5.97 Å². The number of nitrogens with zero attached hydrogens (tertiary/aromatic N) is 1. The molecule has 1 aromatic rings. The van der Waals surface area contributed by atoms with Crippen molar-refractivity contribution >= 4 is 11.7 Å². The van der Waals surface area contributed by atoms with Crippen molar-refractivity contribution in [1.82, 2.24) is 0 Å². The van der Waals surface area contributed by atoms with E-state index in [0.717, 1.165) is 30.9 Å². The number of benzene rings is 1. The molecule has 0 radical (unpaired) electrons. The van der Waals surface area contributed by atoms with Crippen LogP contribution in [0.5, 0.6) is 5.75 Å². The molecule has 2 unspecified atom stereocenters. The van der Waals surface area contributed by atoms with Crippen molar-refractivity contribution in [3.05, 3.63) is 24.3 Å². The lowest BCUT2D eigenvalue weighted by atomic mass is 9.91. The van der Waals surface area contributed by atoms with Crippen LogP contribution >= 0.6 is 0 Å². The molecule has 2 rings (SSSR count). The molecule has 0 saturated carbocycles. The van der Waals surface area contributed by atoms with E-state index >= 15 is 0 Å². The van der Waals surface area contributed by atoms with Gasteiger partial charge in [0.15, 0.2) is 0 Å². The van der Waals surface area contributed by atoms with Gasteiger partial charge in [-0.15, -0.1) is 0 Å². The molecule has 1 saturated heterocycles. The van der Waals surface area contributed by atoms with Crippen LogP contribution < -0.4 is 15.4 Å². The number of aliphatic carboxylic acids is 1. The molecule has 0 amide bonds. The van der Waals surface area contributed by atoms with Gasteiger partial charge in [-0.1, -0.05) is 6.07 Å². The molecule has 3 N–H and O–H groups in total. The summed E-state index contributed by atoms with van der Waals surface area (Å²) in [6.07, 6.45) is 0.945. The van der Waals surface area contributed by atoms with Gasteiger partial charge in [0.1, 0.15) is 5.75 Å². The standard InChI is InChI=1S/C14H20N2O3/c1-19-13-4-2-3-12(7-13)16-8-10(6-14(17)18)5-11(15)9-16/h2-4,7,10-11H,5-6,8-9,15H2,1H3,(H,17,18). The van der Waals surface area contributed by atoms with Crippen molar-refractivity contribution in [2.45, 2.75) is 18.9 Å². The molecule has 5 nitrogen and oxygen atoms in total. The van der Waals surface area contributed by atoms with Gasteiger partial charge >= 0.3 is 5.97 Å². The number of piperidine rings is 1. The van der Waals surface area contributed by atoms with Crippen molar-refractivity contribution in [2.24, 2.45) is 11.7 Å². The largest absolute Gasteiger partial charge is 0.497 e. The van der Waals surface area contributed by atoms with Crippen LogP contribution in [0.25, 0.3) is 0 Å². The Kier molecular flexibility index (Phi) is 4.27. The molecule has 0 spiro atoms. The summed E-state index contributed by atoms with van der Waals surface area (Å²) in [4.78, 5) is 13.0. The third kappa shape index (κ3) is 3.61. The van der Waals surface area contributed by atoms with E-state index in [9.17, 15) is 4.79 Å². The zero-order valence-electron chi connectivity index (χ0n) is 11.1. The second kappa shape index (κ2) is 5.93. The highest BCUT2D eigenvalue weighted by molar-refractivity contribution is 5.67. The first-order valence-electron chi connectivity index (χ1n) is 6.45. The van der Waals surface area contributed by atoms with Gasteiger partial charge in [0, 0.05) is 37.3 Å². The molecule has 1 heterocycles. The van der Waals surface area contributed by atoms with Crippen LogP contribution in [-0.2, 0) is 4.79 Å². The third-order valence-corrected chi connectivity index (χ3v) is 3.45. The number of anilines is 1. The molecule has 104 valence electrons. The fraction of sp³-hybridized carbons (Fsp3) is 0.500. The minimum Gasteiger partial charge on any atom is -0.497 e. The number of rotatable bonds is 4. The molecule has 1 fully saturated rings. The average molecular weight is 264 g/mol. The number of ether oxygens (including phenoxy) is 1. The van der Waals surface area contributed by atoms with E-state index in [1.807, 2.05) is 24.3 Å². The van der Waals surface area contributed by atoms with Gasteiger partial charge in [0.25, 0.3) is 0 Å². The summed E-state index contributed by atoms with van der Waals surface area (Å²) >= 11 is 0. The molecular formula is C14H20N2O3. The molecule has 19 heavy (non-hydrogen) atoms. The molecule has 0 aliphatic carbocycles. The minimum absolute atomic E-state index is 0.0179. The normalized spacial score (nSPS) is 23.2. The van der Waals surface area contributed by atoms with Gasteiger partial charge in [-0.05, 0) is 24.5 Å². The molecular weight excluding hydrogens is 244 g/mol. The third-order valence-electron chi connectivity index (χ3n) is 3.45. The second-order valence-corrected chi connectivity index (χ2v) is 5.07. The Balaban J connectivity index is 2.11. The van der Waals surface area contributed by atoms with Gasteiger partial charge in [0.05, 0.1) is 7.11 Å². The van der Waals surface area contributed by atoms with E-state index in [1.54, 1.807) is 7.11 Å². The van der Waals surface area contributed by atoms with Crippen LogP contribution in [0.3, 0.4) is 0 Å². The Morgan fingerprint density at radius 3 is 3.00 bits per heavy atom. The second-order valence-electron chi connectivity index (χ2n) is 5.07. The van der Waals surface area contributed by atoms with E-state index in [-0.39, 0.29) is 18.4 Å². The Morgan fingerprint density at radius 2 is 2.32 bits per heavy atom. The summed E-state index contributed by atoms with van der Waals surface area (Å²) in [7, 11) is 1.63. The number of nitrogens with two attached hydrogens (primary N) is 1. The summed E-state index contributed by atoms with van der Waals surface area (Å²) < 4.78 is 5.21. The first-order chi connectivity index (χ1) is 9.08. The number of carboxylic acids is 1. The Hall–Kier alpha value is -1.75. The van der Waals surface area contributed by atoms with Crippen LogP contribution in [0.4, 0.5) is 5.69 Å². The monoisotopic (exact) mass is 264 g/mol.